The van der Waals surface area contributed by atoms with Crippen LogP contribution in [0.4, 0.5) is 8.78 Å². The van der Waals surface area contributed by atoms with E-state index in [2.05, 4.69) is 0 Å². The van der Waals surface area contributed by atoms with Gasteiger partial charge in [0.2, 0.25) is 0 Å². The normalized spacial score (nSPS) is 16.3. The molecule has 3 heteroatoms. The number of halogens is 2. The number of alkyl halides is 2. The van der Waals surface area contributed by atoms with Crippen LogP contribution in [0.1, 0.15) is 45.2 Å². The van der Waals surface area contributed by atoms with Crippen LogP contribution in [0.15, 0.2) is 24.3 Å². The molecule has 1 nitrogen and oxygen atoms in total. The zero-order chi connectivity index (χ0) is 12.7. The van der Waals surface area contributed by atoms with Crippen molar-refractivity contribution in [3.63, 3.8) is 0 Å². The van der Waals surface area contributed by atoms with Crippen molar-refractivity contribution in [3.05, 3.63) is 35.4 Å². The molecule has 2 rings (SSSR count). The Bertz CT molecular complexity index is 409. The largest absolute Gasteiger partial charge is 0.326 e. The topological polar surface area (TPSA) is 26.0 Å². The van der Waals surface area contributed by atoms with Crippen LogP contribution in [0.3, 0.4) is 0 Å². The molecule has 0 radical (unpaired) electrons. The molecule has 0 bridgehead atoms. The van der Waals surface area contributed by atoms with Gasteiger partial charge in [-0.3, -0.25) is 0 Å². The van der Waals surface area contributed by atoms with Crippen molar-refractivity contribution in [3.8, 4) is 0 Å². The molecule has 0 aromatic heterocycles. The second-order valence-corrected chi connectivity index (χ2v) is 5.47. The van der Waals surface area contributed by atoms with E-state index in [1.54, 1.807) is 26.0 Å². The highest BCUT2D eigenvalue weighted by molar-refractivity contribution is 5.29. The molecule has 0 spiro atoms. The van der Waals surface area contributed by atoms with Gasteiger partial charge in [-0.2, -0.15) is 0 Å². The average Bonchev–Trinajstić information content (AvgIpc) is 3.13. The van der Waals surface area contributed by atoms with Crippen LogP contribution in [0, 0.1) is 11.3 Å². The van der Waals surface area contributed by atoms with Crippen LogP contribution in [-0.2, 0) is 12.5 Å². The van der Waals surface area contributed by atoms with E-state index in [9.17, 15) is 8.78 Å². The molecule has 1 aromatic carbocycles. The SMILES string of the molecule is C.CC(C)(C1CC1)C(F)(F)c1cccc(CN)c1. The van der Waals surface area contributed by atoms with E-state index < -0.39 is 11.3 Å². The smallest absolute Gasteiger partial charge is 0.278 e. The first kappa shape index (κ1) is 15.1. The van der Waals surface area contributed by atoms with Gasteiger partial charge in [0.1, 0.15) is 0 Å². The highest BCUT2D eigenvalue weighted by Gasteiger charge is 2.55. The minimum absolute atomic E-state index is 0. The summed E-state index contributed by atoms with van der Waals surface area (Å²) in [4.78, 5) is 0. The standard InChI is InChI=1S/C14H19F2N.CH4/c1-13(2,11-6-7-11)14(15,16)12-5-3-4-10(8-12)9-17;/h3-5,8,11H,6-7,9,17H2,1-2H3;1H4. The van der Waals surface area contributed by atoms with Gasteiger partial charge in [-0.1, -0.05) is 39.5 Å². The summed E-state index contributed by atoms with van der Waals surface area (Å²) in [6.07, 6.45) is 1.83. The first-order chi connectivity index (χ1) is 7.89. The van der Waals surface area contributed by atoms with Gasteiger partial charge in [0, 0.05) is 17.5 Å². The second-order valence-electron chi connectivity index (χ2n) is 5.47. The zero-order valence-corrected chi connectivity index (χ0v) is 10.3. The molecule has 1 fully saturated rings. The number of hydrogen-bond donors (Lipinski definition) is 1. The van der Waals surface area contributed by atoms with E-state index in [1.807, 2.05) is 0 Å². The van der Waals surface area contributed by atoms with E-state index in [1.165, 1.54) is 12.1 Å². The lowest BCUT2D eigenvalue weighted by atomic mass is 9.77. The van der Waals surface area contributed by atoms with Crippen LogP contribution in [0.2, 0.25) is 0 Å². The fourth-order valence-corrected chi connectivity index (χ4v) is 2.33. The number of nitrogens with two attached hydrogens (primary N) is 1. The fourth-order valence-electron chi connectivity index (χ4n) is 2.33. The minimum atomic E-state index is -2.79. The maximum absolute atomic E-state index is 14.5. The predicted molar refractivity (Wildman–Crippen MR) is 71.5 cm³/mol. The third-order valence-electron chi connectivity index (χ3n) is 3.93. The summed E-state index contributed by atoms with van der Waals surface area (Å²) < 4.78 is 29.0. The average molecular weight is 255 g/mol. The Morgan fingerprint density at radius 1 is 1.28 bits per heavy atom. The number of benzene rings is 1. The van der Waals surface area contributed by atoms with Gasteiger partial charge in [0.15, 0.2) is 0 Å². The van der Waals surface area contributed by atoms with Crippen LogP contribution in [-0.4, -0.2) is 0 Å². The Balaban J connectivity index is 0.00000162. The zero-order valence-electron chi connectivity index (χ0n) is 10.3. The highest BCUT2D eigenvalue weighted by atomic mass is 19.3. The predicted octanol–water partition coefficient (Wildman–Crippen LogP) is 4.31. The van der Waals surface area contributed by atoms with E-state index in [0.717, 1.165) is 18.4 Å². The van der Waals surface area contributed by atoms with Gasteiger partial charge in [-0.15, -0.1) is 0 Å². The molecule has 0 unspecified atom stereocenters. The molecule has 0 aliphatic heterocycles. The maximum Gasteiger partial charge on any atom is 0.278 e. The van der Waals surface area contributed by atoms with Crippen molar-refractivity contribution in [2.75, 3.05) is 0 Å². The molecule has 0 atom stereocenters. The van der Waals surface area contributed by atoms with Gasteiger partial charge >= 0.3 is 0 Å². The first-order valence-corrected chi connectivity index (χ1v) is 6.07. The number of rotatable bonds is 4. The van der Waals surface area contributed by atoms with E-state index in [-0.39, 0.29) is 18.9 Å². The van der Waals surface area contributed by atoms with Crippen molar-refractivity contribution in [2.45, 2.75) is 46.6 Å². The quantitative estimate of drug-likeness (QED) is 0.852. The molecular formula is C15H23F2N. The molecule has 1 aromatic rings. The summed E-state index contributed by atoms with van der Waals surface area (Å²) in [6.45, 7) is 3.63. The highest BCUT2D eigenvalue weighted by Crippen LogP contribution is 2.57. The van der Waals surface area contributed by atoms with Gasteiger partial charge in [0.25, 0.3) is 5.92 Å². The Hall–Kier alpha value is -0.960. The summed E-state index contributed by atoms with van der Waals surface area (Å²) in [5, 5.41) is 0. The molecule has 0 heterocycles. The fraction of sp³-hybridized carbons (Fsp3) is 0.600. The Kier molecular flexibility index (Phi) is 4.16. The lowest BCUT2D eigenvalue weighted by molar-refractivity contribution is -0.124. The van der Waals surface area contributed by atoms with Crippen LogP contribution in [0.25, 0.3) is 0 Å². The summed E-state index contributed by atoms with van der Waals surface area (Å²) in [6, 6.07) is 6.48. The summed E-state index contributed by atoms with van der Waals surface area (Å²) in [5.41, 5.74) is 5.38. The molecule has 0 amide bonds. The molecule has 1 aliphatic carbocycles. The Morgan fingerprint density at radius 2 is 1.89 bits per heavy atom. The van der Waals surface area contributed by atoms with E-state index in [4.69, 9.17) is 5.73 Å². The van der Waals surface area contributed by atoms with E-state index in [0.29, 0.717) is 6.54 Å². The van der Waals surface area contributed by atoms with Crippen LogP contribution >= 0.6 is 0 Å². The molecule has 102 valence electrons. The summed E-state index contributed by atoms with van der Waals surface area (Å²) in [7, 11) is 0. The van der Waals surface area contributed by atoms with Crippen molar-refractivity contribution in [1.82, 2.24) is 0 Å². The maximum atomic E-state index is 14.5. The first-order valence-electron chi connectivity index (χ1n) is 6.07. The number of hydrogen-bond acceptors (Lipinski definition) is 1. The van der Waals surface area contributed by atoms with Gasteiger partial charge < -0.3 is 5.73 Å². The van der Waals surface area contributed by atoms with Gasteiger partial charge in [-0.05, 0) is 30.4 Å². The molecule has 18 heavy (non-hydrogen) atoms. The second kappa shape index (κ2) is 4.96. The molecule has 2 N–H and O–H groups in total. The van der Waals surface area contributed by atoms with Gasteiger partial charge in [0.05, 0.1) is 0 Å². The third-order valence-corrected chi connectivity index (χ3v) is 3.93. The Morgan fingerprint density at radius 3 is 2.39 bits per heavy atom. The lowest BCUT2D eigenvalue weighted by Crippen LogP contribution is -2.36. The lowest BCUT2D eigenvalue weighted by Gasteiger charge is -2.34. The monoisotopic (exact) mass is 255 g/mol. The molecular weight excluding hydrogens is 232 g/mol. The van der Waals surface area contributed by atoms with Crippen molar-refractivity contribution in [1.29, 1.82) is 0 Å². The van der Waals surface area contributed by atoms with Gasteiger partial charge in [-0.25, -0.2) is 8.78 Å². The molecule has 0 saturated heterocycles. The van der Waals surface area contributed by atoms with Crippen molar-refractivity contribution >= 4 is 0 Å². The van der Waals surface area contributed by atoms with Crippen LogP contribution in [0.5, 0.6) is 0 Å². The minimum Gasteiger partial charge on any atom is -0.326 e. The molecule has 1 saturated carbocycles. The summed E-state index contributed by atoms with van der Waals surface area (Å²) in [5.74, 6) is -2.65. The van der Waals surface area contributed by atoms with Crippen LogP contribution < -0.4 is 5.73 Å². The van der Waals surface area contributed by atoms with E-state index >= 15 is 0 Å². The van der Waals surface area contributed by atoms with Crippen molar-refractivity contribution < 1.29 is 8.78 Å². The molecule has 1 aliphatic rings. The Labute approximate surface area is 108 Å². The van der Waals surface area contributed by atoms with Crippen molar-refractivity contribution in [2.24, 2.45) is 17.1 Å². The summed E-state index contributed by atoms with van der Waals surface area (Å²) >= 11 is 0. The third kappa shape index (κ3) is 2.41.